The van der Waals surface area contributed by atoms with Crippen molar-refractivity contribution in [2.45, 2.75) is 26.2 Å². The lowest BCUT2D eigenvalue weighted by atomic mass is 9.93. The number of piperidine rings is 1. The summed E-state index contributed by atoms with van der Waals surface area (Å²) in [6.45, 7) is 4.45. The van der Waals surface area contributed by atoms with Gasteiger partial charge >= 0.3 is 0 Å². The number of hydrogen-bond acceptors (Lipinski definition) is 3. The Kier molecular flexibility index (Phi) is 5.09. The van der Waals surface area contributed by atoms with Crippen molar-refractivity contribution in [2.24, 2.45) is 5.92 Å². The van der Waals surface area contributed by atoms with Crippen molar-refractivity contribution in [1.29, 1.82) is 0 Å². The Labute approximate surface area is 142 Å². The number of carbonyl (C=O) groups excluding carboxylic acids is 1. The summed E-state index contributed by atoms with van der Waals surface area (Å²) in [6, 6.07) is 6.33. The fraction of sp³-hybridized carbons (Fsp3) is 0.474. The summed E-state index contributed by atoms with van der Waals surface area (Å²) < 4.78 is 13.3. The SMILES string of the molecule is CNCCC1CCN(C(=O)c2cc3ccc(F)cc3nc2C)CC1. The second-order valence-corrected chi connectivity index (χ2v) is 6.59. The van der Waals surface area contributed by atoms with Crippen LogP contribution in [0.4, 0.5) is 4.39 Å². The van der Waals surface area contributed by atoms with Crippen molar-refractivity contribution in [3.05, 3.63) is 41.3 Å². The molecule has 1 aliphatic heterocycles. The summed E-state index contributed by atoms with van der Waals surface area (Å²) in [7, 11) is 1.97. The molecule has 24 heavy (non-hydrogen) atoms. The van der Waals surface area contributed by atoms with E-state index >= 15 is 0 Å². The Morgan fingerprint density at radius 2 is 2.08 bits per heavy atom. The molecule has 0 atom stereocenters. The first kappa shape index (κ1) is 16.8. The highest BCUT2D eigenvalue weighted by Gasteiger charge is 2.24. The maximum absolute atomic E-state index is 13.3. The topological polar surface area (TPSA) is 45.2 Å². The maximum atomic E-state index is 13.3. The van der Waals surface area contributed by atoms with Gasteiger partial charge in [0.1, 0.15) is 5.82 Å². The third kappa shape index (κ3) is 3.56. The lowest BCUT2D eigenvalue weighted by molar-refractivity contribution is 0.0686. The molecule has 128 valence electrons. The van der Waals surface area contributed by atoms with Crippen LogP contribution in [0, 0.1) is 18.7 Å². The van der Waals surface area contributed by atoms with Crippen molar-refractivity contribution in [2.75, 3.05) is 26.7 Å². The van der Waals surface area contributed by atoms with Crippen LogP contribution >= 0.6 is 0 Å². The monoisotopic (exact) mass is 329 g/mol. The number of fused-ring (bicyclic) bond motifs is 1. The lowest BCUT2D eigenvalue weighted by Crippen LogP contribution is -2.39. The highest BCUT2D eigenvalue weighted by Crippen LogP contribution is 2.24. The Morgan fingerprint density at radius 1 is 1.33 bits per heavy atom. The van der Waals surface area contributed by atoms with E-state index in [1.807, 2.05) is 24.9 Å². The van der Waals surface area contributed by atoms with Crippen LogP contribution in [0.15, 0.2) is 24.3 Å². The molecule has 0 radical (unpaired) electrons. The van der Waals surface area contributed by atoms with E-state index in [0.29, 0.717) is 22.7 Å². The molecule has 5 heteroatoms. The number of pyridine rings is 1. The quantitative estimate of drug-likeness (QED) is 0.937. The van der Waals surface area contributed by atoms with Gasteiger partial charge in [0, 0.05) is 24.5 Å². The first-order valence-electron chi connectivity index (χ1n) is 8.59. The van der Waals surface area contributed by atoms with Gasteiger partial charge in [-0.2, -0.15) is 0 Å². The smallest absolute Gasteiger partial charge is 0.255 e. The molecule has 1 aromatic carbocycles. The number of benzene rings is 1. The average molecular weight is 329 g/mol. The number of likely N-dealkylation sites (tertiary alicyclic amines) is 1. The normalized spacial score (nSPS) is 15.9. The van der Waals surface area contributed by atoms with Gasteiger partial charge in [-0.05, 0) is 63.9 Å². The fourth-order valence-electron chi connectivity index (χ4n) is 3.40. The van der Waals surface area contributed by atoms with Gasteiger partial charge in [-0.3, -0.25) is 9.78 Å². The summed E-state index contributed by atoms with van der Waals surface area (Å²) in [5.74, 6) is 0.427. The minimum Gasteiger partial charge on any atom is -0.339 e. The molecular formula is C19H24FN3O. The largest absolute Gasteiger partial charge is 0.339 e. The summed E-state index contributed by atoms with van der Waals surface area (Å²) in [5, 5.41) is 3.99. The molecule has 0 unspecified atom stereocenters. The number of aryl methyl sites for hydroxylation is 1. The molecule has 1 aliphatic rings. The highest BCUT2D eigenvalue weighted by atomic mass is 19.1. The van der Waals surface area contributed by atoms with E-state index in [2.05, 4.69) is 10.3 Å². The third-order valence-corrected chi connectivity index (χ3v) is 4.91. The number of nitrogens with zero attached hydrogens (tertiary/aromatic N) is 2. The zero-order valence-electron chi connectivity index (χ0n) is 14.3. The van der Waals surface area contributed by atoms with Crippen molar-refractivity contribution >= 4 is 16.8 Å². The lowest BCUT2D eigenvalue weighted by Gasteiger charge is -2.32. The van der Waals surface area contributed by atoms with Crippen molar-refractivity contribution < 1.29 is 9.18 Å². The molecule has 0 spiro atoms. The zero-order chi connectivity index (χ0) is 17.1. The first-order valence-corrected chi connectivity index (χ1v) is 8.59. The van der Waals surface area contributed by atoms with Gasteiger partial charge in [0.25, 0.3) is 5.91 Å². The van der Waals surface area contributed by atoms with Crippen LogP contribution in [-0.2, 0) is 0 Å². The van der Waals surface area contributed by atoms with Crippen LogP contribution in [0.2, 0.25) is 0 Å². The zero-order valence-corrected chi connectivity index (χ0v) is 14.3. The number of nitrogens with one attached hydrogen (secondary N) is 1. The molecule has 0 saturated carbocycles. The number of amides is 1. The summed E-state index contributed by atoms with van der Waals surface area (Å²) in [5.41, 5.74) is 1.88. The Balaban J connectivity index is 1.75. The van der Waals surface area contributed by atoms with Crippen molar-refractivity contribution in [1.82, 2.24) is 15.2 Å². The van der Waals surface area contributed by atoms with Gasteiger partial charge in [0.05, 0.1) is 16.8 Å². The van der Waals surface area contributed by atoms with Crippen LogP contribution in [0.1, 0.15) is 35.3 Å². The fourth-order valence-corrected chi connectivity index (χ4v) is 3.40. The van der Waals surface area contributed by atoms with Gasteiger partial charge in [-0.1, -0.05) is 0 Å². The predicted octanol–water partition coefficient (Wildman–Crippen LogP) is 3.14. The van der Waals surface area contributed by atoms with E-state index in [4.69, 9.17) is 0 Å². The minimum absolute atomic E-state index is 0.0401. The molecule has 0 bridgehead atoms. The Morgan fingerprint density at radius 3 is 2.79 bits per heavy atom. The summed E-state index contributed by atoms with van der Waals surface area (Å²) >= 11 is 0. The number of rotatable bonds is 4. The van der Waals surface area contributed by atoms with Gasteiger partial charge in [0.2, 0.25) is 0 Å². The van der Waals surface area contributed by atoms with E-state index in [-0.39, 0.29) is 11.7 Å². The van der Waals surface area contributed by atoms with Crippen molar-refractivity contribution in [3.63, 3.8) is 0 Å². The van der Waals surface area contributed by atoms with E-state index in [0.717, 1.165) is 37.9 Å². The molecule has 3 rings (SSSR count). The molecule has 1 aromatic heterocycles. The Bertz CT molecular complexity index is 739. The molecule has 1 N–H and O–H groups in total. The van der Waals surface area contributed by atoms with Gasteiger partial charge in [-0.15, -0.1) is 0 Å². The molecule has 1 amide bonds. The highest BCUT2D eigenvalue weighted by molar-refractivity contribution is 5.98. The van der Waals surface area contributed by atoms with Crippen LogP contribution in [0.25, 0.3) is 10.9 Å². The molecule has 1 fully saturated rings. The molecule has 2 heterocycles. The second-order valence-electron chi connectivity index (χ2n) is 6.59. The van der Waals surface area contributed by atoms with E-state index in [1.54, 1.807) is 6.07 Å². The molecule has 1 saturated heterocycles. The minimum atomic E-state index is -0.308. The van der Waals surface area contributed by atoms with Crippen LogP contribution in [0.5, 0.6) is 0 Å². The van der Waals surface area contributed by atoms with E-state index in [1.165, 1.54) is 18.6 Å². The maximum Gasteiger partial charge on any atom is 0.255 e. The van der Waals surface area contributed by atoms with Crippen LogP contribution in [-0.4, -0.2) is 42.5 Å². The number of halogens is 1. The van der Waals surface area contributed by atoms with E-state index < -0.39 is 0 Å². The molecule has 0 aliphatic carbocycles. The number of aromatic nitrogens is 1. The molecular weight excluding hydrogens is 305 g/mol. The van der Waals surface area contributed by atoms with Gasteiger partial charge in [-0.25, -0.2) is 4.39 Å². The molecule has 2 aromatic rings. The van der Waals surface area contributed by atoms with Crippen LogP contribution in [0.3, 0.4) is 0 Å². The van der Waals surface area contributed by atoms with Gasteiger partial charge in [0.15, 0.2) is 0 Å². The van der Waals surface area contributed by atoms with E-state index in [9.17, 15) is 9.18 Å². The third-order valence-electron chi connectivity index (χ3n) is 4.91. The van der Waals surface area contributed by atoms with Crippen molar-refractivity contribution in [3.8, 4) is 0 Å². The average Bonchev–Trinajstić information content (AvgIpc) is 2.59. The summed E-state index contributed by atoms with van der Waals surface area (Å²) in [6.07, 6.45) is 3.28. The number of carbonyl (C=O) groups is 1. The number of hydrogen-bond donors (Lipinski definition) is 1. The second kappa shape index (κ2) is 7.26. The van der Waals surface area contributed by atoms with Gasteiger partial charge < -0.3 is 10.2 Å². The molecule has 4 nitrogen and oxygen atoms in total. The van der Waals surface area contributed by atoms with Crippen LogP contribution < -0.4 is 5.32 Å². The summed E-state index contributed by atoms with van der Waals surface area (Å²) in [4.78, 5) is 19.2. The predicted molar refractivity (Wildman–Crippen MR) is 93.6 cm³/mol. The Hall–Kier alpha value is -2.01. The standard InChI is InChI=1S/C19H24FN3O/c1-13-17(11-15-3-4-16(20)12-18(15)22-13)19(24)23-9-6-14(7-10-23)5-8-21-2/h3-4,11-12,14,21H,5-10H2,1-2H3. The first-order chi connectivity index (χ1) is 11.6.